The number of nitrogens with one attached hydrogen (secondary N) is 2. The lowest BCUT2D eigenvalue weighted by Gasteiger charge is -2.27. The van der Waals surface area contributed by atoms with Crippen molar-refractivity contribution in [2.45, 2.75) is 65.1 Å². The summed E-state index contributed by atoms with van der Waals surface area (Å²) in [5, 5.41) is 2.92. The molecule has 1 aliphatic rings. The number of hydrogen-bond acceptors (Lipinski definition) is 8. The molecule has 196 valence electrons. The van der Waals surface area contributed by atoms with Crippen LogP contribution in [0.5, 0.6) is 0 Å². The highest BCUT2D eigenvalue weighted by Gasteiger charge is 2.36. The molecular formula is C24H32IN5O6. The summed E-state index contributed by atoms with van der Waals surface area (Å²) in [5.74, 6) is -0.343. The number of carbonyl (C=O) groups excluding carboxylic acids is 3. The molecule has 3 heterocycles. The molecule has 0 saturated heterocycles. The van der Waals surface area contributed by atoms with Crippen molar-refractivity contribution >= 4 is 46.6 Å². The molecule has 1 aliphatic heterocycles. The number of aromatic amines is 1. The number of halogens is 1. The van der Waals surface area contributed by atoms with Crippen molar-refractivity contribution in [1.82, 2.24) is 20.3 Å². The Morgan fingerprint density at radius 2 is 1.75 bits per heavy atom. The first kappa shape index (κ1) is 27.8. The molecule has 0 aromatic carbocycles. The number of fused-ring (bicyclic) bond motifs is 1. The Morgan fingerprint density at radius 3 is 2.31 bits per heavy atom. The fourth-order valence-corrected chi connectivity index (χ4v) is 4.51. The zero-order valence-corrected chi connectivity index (χ0v) is 23.7. The van der Waals surface area contributed by atoms with Gasteiger partial charge in [-0.05, 0) is 76.6 Å². The highest BCUT2D eigenvalue weighted by Crippen LogP contribution is 2.36. The number of methoxy groups -OCH3 is 1. The number of H-pyrrole nitrogens is 1. The second-order valence-corrected chi connectivity index (χ2v) is 11.4. The van der Waals surface area contributed by atoms with Crippen LogP contribution in [0.25, 0.3) is 11.4 Å². The Balaban J connectivity index is 2.05. The Kier molecular flexibility index (Phi) is 8.28. The first-order chi connectivity index (χ1) is 16.7. The molecule has 0 radical (unpaired) electrons. The van der Waals surface area contributed by atoms with Crippen LogP contribution in [-0.2, 0) is 14.2 Å². The number of amides is 3. The largest absolute Gasteiger partial charge is 0.443 e. The Morgan fingerprint density at radius 1 is 1.14 bits per heavy atom. The van der Waals surface area contributed by atoms with Crippen molar-refractivity contribution in [2.24, 2.45) is 0 Å². The van der Waals surface area contributed by atoms with E-state index in [1.165, 1.54) is 6.20 Å². The van der Waals surface area contributed by atoms with Crippen molar-refractivity contribution < 1.29 is 28.6 Å². The molecular weight excluding hydrogens is 581 g/mol. The monoisotopic (exact) mass is 613 g/mol. The van der Waals surface area contributed by atoms with Gasteiger partial charge in [-0.15, -0.1) is 4.90 Å². The topological polar surface area (TPSA) is 136 Å². The zero-order chi connectivity index (χ0) is 26.8. The maximum Gasteiger partial charge on any atom is 0.427 e. The van der Waals surface area contributed by atoms with Gasteiger partial charge in [-0.1, -0.05) is 0 Å². The summed E-state index contributed by atoms with van der Waals surface area (Å²) in [6.07, 6.45) is 0.222. The predicted molar refractivity (Wildman–Crippen MR) is 141 cm³/mol. The van der Waals surface area contributed by atoms with E-state index < -0.39 is 23.4 Å². The van der Waals surface area contributed by atoms with Crippen LogP contribution < -0.4 is 10.2 Å². The minimum atomic E-state index is -0.964. The van der Waals surface area contributed by atoms with Gasteiger partial charge in [0.2, 0.25) is 5.95 Å². The van der Waals surface area contributed by atoms with Gasteiger partial charge in [-0.25, -0.2) is 19.6 Å². The molecule has 1 atom stereocenters. The minimum Gasteiger partial charge on any atom is -0.443 e. The van der Waals surface area contributed by atoms with Crippen molar-refractivity contribution in [1.29, 1.82) is 0 Å². The molecule has 3 amide bonds. The molecule has 2 aromatic rings. The third-order valence-electron chi connectivity index (χ3n) is 5.03. The maximum absolute atomic E-state index is 13.0. The average molecular weight is 613 g/mol. The zero-order valence-electron chi connectivity index (χ0n) is 21.5. The molecule has 2 N–H and O–H groups in total. The SMILES string of the molecule is COCCC1CNC(=O)c2c1[nH]c(-c1ccnc(N(C(=O)OC(C)(C)C)C(=O)OC(C)(C)C)n1)c2I. The number of carbonyl (C=O) groups is 3. The van der Waals surface area contributed by atoms with Gasteiger partial charge in [0.05, 0.1) is 20.5 Å². The van der Waals surface area contributed by atoms with Gasteiger partial charge >= 0.3 is 12.2 Å². The average Bonchev–Trinajstić information content (AvgIpc) is 3.09. The Hall–Kier alpha value is -2.74. The van der Waals surface area contributed by atoms with Crippen molar-refractivity contribution in [3.05, 3.63) is 27.1 Å². The van der Waals surface area contributed by atoms with Gasteiger partial charge in [-0.3, -0.25) is 4.79 Å². The summed E-state index contributed by atoms with van der Waals surface area (Å²) in [5.41, 5.74) is 0.591. The van der Waals surface area contributed by atoms with Crippen molar-refractivity contribution in [3.63, 3.8) is 0 Å². The van der Waals surface area contributed by atoms with Gasteiger partial charge < -0.3 is 24.5 Å². The van der Waals surface area contributed by atoms with E-state index in [1.54, 1.807) is 54.7 Å². The third-order valence-corrected chi connectivity index (χ3v) is 6.11. The van der Waals surface area contributed by atoms with Gasteiger partial charge in [0.25, 0.3) is 5.91 Å². The molecule has 0 aliphatic carbocycles. The standard InChI is InChI=1S/C24H32IN5O6/c1-23(2,3)35-21(32)30(22(33)36-24(4,5)6)20-26-10-8-14(28-20)18-16(25)15-17(29-18)13(9-11-34-7)12-27-19(15)31/h8,10,13,29H,9,11-12H2,1-7H3,(H,27,31). The normalized spacial score (nSPS) is 15.7. The van der Waals surface area contributed by atoms with Crippen LogP contribution in [0, 0.1) is 3.57 Å². The van der Waals surface area contributed by atoms with Gasteiger partial charge in [0.1, 0.15) is 11.2 Å². The molecule has 11 nitrogen and oxygen atoms in total. The second-order valence-electron chi connectivity index (χ2n) is 10.3. The first-order valence-electron chi connectivity index (χ1n) is 11.5. The Bertz CT molecular complexity index is 1120. The van der Waals surface area contributed by atoms with Crippen LogP contribution in [0.15, 0.2) is 12.3 Å². The summed E-state index contributed by atoms with van der Waals surface area (Å²) in [6.45, 7) is 11.2. The lowest BCUT2D eigenvalue weighted by Crippen LogP contribution is -2.44. The number of nitrogens with zero attached hydrogens (tertiary/aromatic N) is 3. The summed E-state index contributed by atoms with van der Waals surface area (Å²) in [6, 6.07) is 1.63. The lowest BCUT2D eigenvalue weighted by molar-refractivity contribution is 0.0427. The van der Waals surface area contributed by atoms with E-state index in [2.05, 4.69) is 42.9 Å². The number of hydrogen-bond donors (Lipinski definition) is 2. The van der Waals surface area contributed by atoms with E-state index in [4.69, 9.17) is 14.2 Å². The summed E-state index contributed by atoms with van der Waals surface area (Å²) in [4.78, 5) is 51.3. The van der Waals surface area contributed by atoms with Crippen LogP contribution in [0.1, 0.15) is 69.9 Å². The van der Waals surface area contributed by atoms with Crippen LogP contribution >= 0.6 is 22.6 Å². The quantitative estimate of drug-likeness (QED) is 0.467. The van der Waals surface area contributed by atoms with E-state index in [1.807, 2.05) is 0 Å². The summed E-state index contributed by atoms with van der Waals surface area (Å²) >= 11 is 2.10. The summed E-state index contributed by atoms with van der Waals surface area (Å²) in [7, 11) is 1.63. The van der Waals surface area contributed by atoms with E-state index in [-0.39, 0.29) is 17.8 Å². The lowest BCUT2D eigenvalue weighted by atomic mass is 9.95. The number of rotatable bonds is 5. The van der Waals surface area contributed by atoms with E-state index in [0.717, 1.165) is 12.1 Å². The highest BCUT2D eigenvalue weighted by atomic mass is 127. The van der Waals surface area contributed by atoms with Crippen molar-refractivity contribution in [3.8, 4) is 11.4 Å². The molecule has 1 unspecified atom stereocenters. The van der Waals surface area contributed by atoms with Crippen LogP contribution in [0.2, 0.25) is 0 Å². The van der Waals surface area contributed by atoms with Crippen LogP contribution in [0.3, 0.4) is 0 Å². The first-order valence-corrected chi connectivity index (χ1v) is 12.6. The molecule has 0 fully saturated rings. The molecule has 3 rings (SSSR count). The number of ether oxygens (including phenoxy) is 3. The van der Waals surface area contributed by atoms with Gasteiger partial charge in [0, 0.05) is 38.1 Å². The number of anilines is 1. The Labute approximate surface area is 223 Å². The molecule has 0 spiro atoms. The van der Waals surface area contributed by atoms with Gasteiger partial charge in [-0.2, -0.15) is 0 Å². The highest BCUT2D eigenvalue weighted by molar-refractivity contribution is 14.1. The fraction of sp³-hybridized carbons (Fsp3) is 0.542. The number of imide groups is 1. The van der Waals surface area contributed by atoms with Crippen molar-refractivity contribution in [2.75, 3.05) is 25.2 Å². The predicted octanol–water partition coefficient (Wildman–Crippen LogP) is 4.62. The van der Waals surface area contributed by atoms with E-state index in [9.17, 15) is 14.4 Å². The van der Waals surface area contributed by atoms with Crippen LogP contribution in [0.4, 0.5) is 15.5 Å². The molecule has 2 aromatic heterocycles. The minimum absolute atomic E-state index is 0.0428. The van der Waals surface area contributed by atoms with Gasteiger partial charge in [0.15, 0.2) is 0 Å². The molecule has 36 heavy (non-hydrogen) atoms. The number of aromatic nitrogens is 3. The molecule has 0 bridgehead atoms. The molecule has 0 saturated carbocycles. The van der Waals surface area contributed by atoms with E-state index in [0.29, 0.717) is 38.6 Å². The van der Waals surface area contributed by atoms with Crippen LogP contribution in [-0.4, -0.2) is 64.5 Å². The van der Waals surface area contributed by atoms with E-state index >= 15 is 0 Å². The second kappa shape index (κ2) is 10.7. The smallest absolute Gasteiger partial charge is 0.427 e. The maximum atomic E-state index is 13.0. The molecule has 12 heteroatoms. The fourth-order valence-electron chi connectivity index (χ4n) is 3.56. The third kappa shape index (κ3) is 6.52. The summed E-state index contributed by atoms with van der Waals surface area (Å²) < 4.78 is 16.7.